The molecule has 0 bridgehead atoms. The SMILES string of the molecule is Cc1nc(-c2ccn3c(-c4cccc(NC(=O)NCC(F)(F)F)c4)cnc3c2)n(C)n1. The van der Waals surface area contributed by atoms with E-state index in [4.69, 9.17) is 0 Å². The summed E-state index contributed by atoms with van der Waals surface area (Å²) in [6.45, 7) is 0.416. The van der Waals surface area contributed by atoms with E-state index in [1.807, 2.05) is 42.8 Å². The molecular weight excluding hydrogens is 411 g/mol. The maximum Gasteiger partial charge on any atom is 0.405 e. The van der Waals surface area contributed by atoms with Gasteiger partial charge in [-0.3, -0.25) is 4.40 Å². The third-order valence-electron chi connectivity index (χ3n) is 4.51. The average Bonchev–Trinajstić information content (AvgIpc) is 3.28. The molecule has 4 rings (SSSR count). The lowest BCUT2D eigenvalue weighted by atomic mass is 10.1. The Hall–Kier alpha value is -3.89. The van der Waals surface area contributed by atoms with Crippen LogP contribution in [-0.2, 0) is 7.05 Å². The third-order valence-corrected chi connectivity index (χ3v) is 4.51. The molecule has 160 valence electrons. The Kier molecular flexibility index (Phi) is 5.09. The molecule has 0 radical (unpaired) electrons. The van der Waals surface area contributed by atoms with Gasteiger partial charge in [0.2, 0.25) is 0 Å². The standard InChI is InChI=1S/C20H18F3N7O/c1-12-26-18(29(2)28-12)14-6-7-30-16(10-24-17(30)9-14)13-4-3-5-15(8-13)27-19(31)25-11-20(21,22)23/h3-10H,11H2,1-2H3,(H2,25,27,31). The Morgan fingerprint density at radius 2 is 1.97 bits per heavy atom. The molecule has 0 saturated carbocycles. The van der Waals surface area contributed by atoms with E-state index < -0.39 is 18.8 Å². The first-order chi connectivity index (χ1) is 14.7. The fourth-order valence-electron chi connectivity index (χ4n) is 3.21. The van der Waals surface area contributed by atoms with Crippen molar-refractivity contribution in [1.29, 1.82) is 0 Å². The van der Waals surface area contributed by atoms with Crippen molar-refractivity contribution in [3.8, 4) is 22.6 Å². The van der Waals surface area contributed by atoms with Crippen molar-refractivity contribution in [2.24, 2.45) is 7.05 Å². The van der Waals surface area contributed by atoms with Gasteiger partial charge in [0.05, 0.1) is 11.9 Å². The number of nitrogens with zero attached hydrogens (tertiary/aromatic N) is 5. The molecule has 3 heterocycles. The number of amides is 2. The van der Waals surface area contributed by atoms with Gasteiger partial charge in [0, 0.05) is 30.1 Å². The zero-order valence-electron chi connectivity index (χ0n) is 16.6. The lowest BCUT2D eigenvalue weighted by molar-refractivity contribution is -0.122. The highest BCUT2D eigenvalue weighted by Gasteiger charge is 2.27. The largest absolute Gasteiger partial charge is 0.405 e. The number of halogens is 3. The molecule has 8 nitrogen and oxygen atoms in total. The van der Waals surface area contributed by atoms with Gasteiger partial charge in [-0.25, -0.2) is 19.4 Å². The second kappa shape index (κ2) is 7.74. The van der Waals surface area contributed by atoms with Gasteiger partial charge in [-0.05, 0) is 31.2 Å². The van der Waals surface area contributed by atoms with Crippen molar-refractivity contribution in [3.05, 3.63) is 54.6 Å². The van der Waals surface area contributed by atoms with Crippen molar-refractivity contribution in [2.75, 3.05) is 11.9 Å². The molecule has 0 spiro atoms. The van der Waals surface area contributed by atoms with E-state index in [-0.39, 0.29) is 0 Å². The summed E-state index contributed by atoms with van der Waals surface area (Å²) in [5.41, 5.74) is 3.41. The molecule has 0 saturated heterocycles. The highest BCUT2D eigenvalue weighted by Crippen LogP contribution is 2.26. The predicted molar refractivity (Wildman–Crippen MR) is 108 cm³/mol. The number of anilines is 1. The quantitative estimate of drug-likeness (QED) is 0.517. The summed E-state index contributed by atoms with van der Waals surface area (Å²) in [6, 6.07) is 9.63. The van der Waals surface area contributed by atoms with E-state index in [1.165, 1.54) is 0 Å². The van der Waals surface area contributed by atoms with E-state index in [9.17, 15) is 18.0 Å². The molecule has 2 N–H and O–H groups in total. The first-order valence-corrected chi connectivity index (χ1v) is 9.27. The molecule has 3 aromatic heterocycles. The number of imidazole rings is 1. The number of alkyl halides is 3. The number of carbonyl (C=O) groups excluding carboxylic acids is 1. The van der Waals surface area contributed by atoms with Crippen LogP contribution in [0.3, 0.4) is 0 Å². The van der Waals surface area contributed by atoms with Crippen LogP contribution in [0.4, 0.5) is 23.7 Å². The second-order valence-electron chi connectivity index (χ2n) is 6.90. The van der Waals surface area contributed by atoms with Gasteiger partial charge >= 0.3 is 12.2 Å². The number of carbonyl (C=O) groups is 1. The van der Waals surface area contributed by atoms with Gasteiger partial charge in [0.15, 0.2) is 5.82 Å². The highest BCUT2D eigenvalue weighted by molar-refractivity contribution is 5.90. The summed E-state index contributed by atoms with van der Waals surface area (Å²) in [6.07, 6.45) is -0.935. The molecule has 4 aromatic rings. The monoisotopic (exact) mass is 429 g/mol. The average molecular weight is 429 g/mol. The lowest BCUT2D eigenvalue weighted by Gasteiger charge is -2.11. The maximum atomic E-state index is 12.3. The van der Waals surface area contributed by atoms with E-state index in [0.29, 0.717) is 17.2 Å². The first kappa shape index (κ1) is 20.4. The Balaban J connectivity index is 1.58. The van der Waals surface area contributed by atoms with Gasteiger partial charge in [-0.2, -0.15) is 18.3 Å². The number of nitrogens with one attached hydrogen (secondary N) is 2. The molecule has 0 unspecified atom stereocenters. The molecule has 0 aliphatic carbocycles. The van der Waals surface area contributed by atoms with E-state index >= 15 is 0 Å². The van der Waals surface area contributed by atoms with Crippen molar-refractivity contribution >= 4 is 17.4 Å². The lowest BCUT2D eigenvalue weighted by Crippen LogP contribution is -2.36. The summed E-state index contributed by atoms with van der Waals surface area (Å²) in [4.78, 5) is 20.6. The maximum absolute atomic E-state index is 12.3. The molecule has 0 aliphatic rings. The van der Waals surface area contributed by atoms with Crippen LogP contribution in [0.15, 0.2) is 48.8 Å². The zero-order valence-corrected chi connectivity index (χ0v) is 16.6. The third kappa shape index (κ3) is 4.49. The smallest absolute Gasteiger partial charge is 0.329 e. The number of hydrogen-bond donors (Lipinski definition) is 2. The number of aromatic nitrogens is 5. The fourth-order valence-corrected chi connectivity index (χ4v) is 3.21. The van der Waals surface area contributed by atoms with Gasteiger partial charge in [-0.15, -0.1) is 0 Å². The number of hydrogen-bond acceptors (Lipinski definition) is 4. The Labute approximate surface area is 174 Å². The predicted octanol–water partition coefficient (Wildman–Crippen LogP) is 3.79. The van der Waals surface area contributed by atoms with Gasteiger partial charge in [0.25, 0.3) is 0 Å². The summed E-state index contributed by atoms with van der Waals surface area (Å²) in [5, 5.41) is 8.44. The zero-order chi connectivity index (χ0) is 22.2. The summed E-state index contributed by atoms with van der Waals surface area (Å²) in [7, 11) is 1.82. The van der Waals surface area contributed by atoms with Crippen molar-refractivity contribution in [2.45, 2.75) is 13.1 Å². The minimum Gasteiger partial charge on any atom is -0.329 e. The van der Waals surface area contributed by atoms with Gasteiger partial charge in [0.1, 0.15) is 18.0 Å². The molecule has 1 aromatic carbocycles. The number of rotatable bonds is 4. The van der Waals surface area contributed by atoms with Gasteiger partial charge < -0.3 is 10.6 Å². The molecular formula is C20H18F3N7O. The Morgan fingerprint density at radius 3 is 2.68 bits per heavy atom. The van der Waals surface area contributed by atoms with Crippen LogP contribution < -0.4 is 10.6 Å². The molecule has 0 fully saturated rings. The second-order valence-corrected chi connectivity index (χ2v) is 6.90. The normalized spacial score (nSPS) is 11.6. The van der Waals surface area contributed by atoms with Crippen LogP contribution in [0.1, 0.15) is 5.82 Å². The Morgan fingerprint density at radius 1 is 1.16 bits per heavy atom. The van der Waals surface area contributed by atoms with E-state index in [0.717, 1.165) is 22.6 Å². The van der Waals surface area contributed by atoms with Crippen LogP contribution >= 0.6 is 0 Å². The number of pyridine rings is 1. The minimum atomic E-state index is -4.47. The number of urea groups is 1. The fraction of sp³-hybridized carbons (Fsp3) is 0.200. The number of fused-ring (bicyclic) bond motifs is 1. The molecule has 31 heavy (non-hydrogen) atoms. The molecule has 0 atom stereocenters. The van der Waals surface area contributed by atoms with Crippen LogP contribution in [0.5, 0.6) is 0 Å². The van der Waals surface area contributed by atoms with E-state index in [2.05, 4.69) is 20.4 Å². The number of aryl methyl sites for hydroxylation is 2. The van der Waals surface area contributed by atoms with Crippen molar-refractivity contribution in [3.63, 3.8) is 0 Å². The topological polar surface area (TPSA) is 89.1 Å². The van der Waals surface area contributed by atoms with Crippen LogP contribution in [0.25, 0.3) is 28.3 Å². The minimum absolute atomic E-state index is 0.360. The summed E-state index contributed by atoms with van der Waals surface area (Å²) < 4.78 is 40.3. The van der Waals surface area contributed by atoms with Crippen molar-refractivity contribution < 1.29 is 18.0 Å². The Bertz CT molecular complexity index is 1260. The summed E-state index contributed by atoms with van der Waals surface area (Å²) >= 11 is 0. The van der Waals surface area contributed by atoms with E-state index in [1.54, 1.807) is 34.4 Å². The number of benzene rings is 1. The van der Waals surface area contributed by atoms with Crippen LogP contribution in [0, 0.1) is 6.92 Å². The molecule has 0 aliphatic heterocycles. The van der Waals surface area contributed by atoms with Crippen molar-refractivity contribution in [1.82, 2.24) is 29.5 Å². The first-order valence-electron chi connectivity index (χ1n) is 9.27. The highest BCUT2D eigenvalue weighted by atomic mass is 19.4. The molecule has 11 heteroatoms. The molecule has 2 amide bonds. The van der Waals surface area contributed by atoms with Crippen LogP contribution in [-0.4, -0.2) is 42.9 Å². The van der Waals surface area contributed by atoms with Gasteiger partial charge in [-0.1, -0.05) is 12.1 Å². The summed E-state index contributed by atoms with van der Waals surface area (Å²) in [5.74, 6) is 1.39. The van der Waals surface area contributed by atoms with Crippen LogP contribution in [0.2, 0.25) is 0 Å².